The molecule has 1 amide bonds. The van der Waals surface area contributed by atoms with Gasteiger partial charge in [-0.25, -0.2) is 0 Å². The van der Waals surface area contributed by atoms with Crippen LogP contribution in [0.3, 0.4) is 0 Å². The molecule has 6 heteroatoms. The molecule has 3 N–H and O–H groups in total. The molecule has 1 aromatic heterocycles. The smallest absolute Gasteiger partial charge is 0.269 e. The number of nitrogens with one attached hydrogen (secondary N) is 1. The summed E-state index contributed by atoms with van der Waals surface area (Å²) in [5, 5.41) is 2.94. The molecule has 1 saturated heterocycles. The lowest BCUT2D eigenvalue weighted by molar-refractivity contribution is 0.0945. The van der Waals surface area contributed by atoms with Gasteiger partial charge < -0.3 is 11.1 Å². The zero-order chi connectivity index (χ0) is 13.9. The number of hydrogen-bond acceptors (Lipinski definition) is 4. The third-order valence-corrected chi connectivity index (χ3v) is 4.98. The fraction of sp³-hybridized carbons (Fsp3) is 0.462. The molecule has 102 valence electrons. The van der Waals surface area contributed by atoms with Crippen molar-refractivity contribution in [3.63, 3.8) is 0 Å². The van der Waals surface area contributed by atoms with Crippen molar-refractivity contribution in [2.75, 3.05) is 12.3 Å². The van der Waals surface area contributed by atoms with Crippen molar-refractivity contribution in [1.29, 1.82) is 0 Å². The van der Waals surface area contributed by atoms with Crippen molar-refractivity contribution >= 4 is 34.9 Å². The highest BCUT2D eigenvalue weighted by Gasteiger charge is 2.29. The average Bonchev–Trinajstić information content (AvgIpc) is 2.83. The lowest BCUT2D eigenvalue weighted by Crippen LogP contribution is -2.37. The Bertz CT molecular complexity index is 481. The van der Waals surface area contributed by atoms with E-state index in [-0.39, 0.29) is 15.6 Å². The van der Waals surface area contributed by atoms with Crippen LogP contribution in [0.25, 0.3) is 0 Å². The van der Waals surface area contributed by atoms with E-state index in [9.17, 15) is 4.79 Å². The highest BCUT2D eigenvalue weighted by atomic mass is 32.2. The molecule has 2 rings (SSSR count). The van der Waals surface area contributed by atoms with E-state index in [1.165, 1.54) is 18.4 Å². The molecule has 0 saturated carbocycles. The van der Waals surface area contributed by atoms with E-state index >= 15 is 0 Å². The fourth-order valence-corrected chi connectivity index (χ4v) is 3.37. The van der Waals surface area contributed by atoms with Gasteiger partial charge in [0, 0.05) is 23.1 Å². The molecule has 1 atom stereocenters. The van der Waals surface area contributed by atoms with Gasteiger partial charge in [-0.3, -0.25) is 9.78 Å². The Morgan fingerprint density at radius 2 is 2.42 bits per heavy atom. The predicted molar refractivity (Wildman–Crippen MR) is 82.6 cm³/mol. The molecule has 2 heterocycles. The first kappa shape index (κ1) is 14.3. The molecule has 0 bridgehead atoms. The zero-order valence-electron chi connectivity index (χ0n) is 10.8. The Hall–Kier alpha value is -1.14. The minimum Gasteiger partial charge on any atom is -0.389 e. The summed E-state index contributed by atoms with van der Waals surface area (Å²) in [6, 6.07) is 3.37. The zero-order valence-corrected chi connectivity index (χ0v) is 12.4. The Morgan fingerprint density at radius 1 is 1.63 bits per heavy atom. The van der Waals surface area contributed by atoms with Crippen LogP contribution in [0, 0.1) is 0 Å². The van der Waals surface area contributed by atoms with Gasteiger partial charge in [-0.15, -0.1) is 0 Å². The number of carbonyl (C=O) groups excluding carboxylic acids is 1. The van der Waals surface area contributed by atoms with Gasteiger partial charge in [0.25, 0.3) is 5.91 Å². The van der Waals surface area contributed by atoms with Gasteiger partial charge in [-0.1, -0.05) is 12.2 Å². The summed E-state index contributed by atoms with van der Waals surface area (Å²) in [5.41, 5.74) is 6.55. The van der Waals surface area contributed by atoms with Crippen LogP contribution in [0.1, 0.15) is 35.8 Å². The molecule has 1 fully saturated rings. The van der Waals surface area contributed by atoms with Crippen molar-refractivity contribution in [3.05, 3.63) is 29.6 Å². The Kier molecular flexibility index (Phi) is 4.42. The van der Waals surface area contributed by atoms with Crippen molar-refractivity contribution in [3.8, 4) is 0 Å². The number of pyridine rings is 1. The topological polar surface area (TPSA) is 68.0 Å². The number of nitrogens with two attached hydrogens (primary N) is 1. The molecular formula is C13H17N3OS2. The summed E-state index contributed by atoms with van der Waals surface area (Å²) >= 11 is 6.76. The predicted octanol–water partition coefficient (Wildman–Crippen LogP) is 1.73. The summed E-state index contributed by atoms with van der Waals surface area (Å²) in [6.07, 6.45) is 3.90. The lowest BCUT2D eigenvalue weighted by Gasteiger charge is -2.22. The second-order valence-corrected chi connectivity index (χ2v) is 7.00. The van der Waals surface area contributed by atoms with Crippen molar-refractivity contribution in [2.24, 2.45) is 5.73 Å². The SMILES string of the molecule is CC1(CNC(=O)c2ccc(C(N)=S)cn2)CCCS1. The first-order valence-corrected chi connectivity index (χ1v) is 7.58. The van der Waals surface area contributed by atoms with Crippen LogP contribution in [0.4, 0.5) is 0 Å². The third-order valence-electron chi connectivity index (χ3n) is 3.20. The van der Waals surface area contributed by atoms with E-state index < -0.39 is 0 Å². The summed E-state index contributed by atoms with van der Waals surface area (Å²) in [4.78, 5) is 16.3. The molecule has 0 aromatic carbocycles. The first-order valence-electron chi connectivity index (χ1n) is 6.18. The van der Waals surface area contributed by atoms with Crippen LogP contribution in [-0.2, 0) is 0 Å². The highest BCUT2D eigenvalue weighted by Crippen LogP contribution is 2.36. The van der Waals surface area contributed by atoms with E-state index in [1.807, 2.05) is 11.8 Å². The maximum atomic E-state index is 12.0. The average molecular weight is 295 g/mol. The van der Waals surface area contributed by atoms with Crippen LogP contribution in [0.2, 0.25) is 0 Å². The van der Waals surface area contributed by atoms with E-state index in [0.717, 1.165) is 6.42 Å². The Balaban J connectivity index is 1.94. The van der Waals surface area contributed by atoms with Crippen LogP contribution in [0.15, 0.2) is 18.3 Å². The molecule has 0 spiro atoms. The largest absolute Gasteiger partial charge is 0.389 e. The van der Waals surface area contributed by atoms with Gasteiger partial charge in [0.15, 0.2) is 0 Å². The number of amides is 1. The summed E-state index contributed by atoms with van der Waals surface area (Å²) in [5.74, 6) is 1.02. The monoisotopic (exact) mass is 295 g/mol. The summed E-state index contributed by atoms with van der Waals surface area (Å²) < 4.78 is 0.161. The van der Waals surface area contributed by atoms with Gasteiger partial charge in [-0.05, 0) is 37.7 Å². The van der Waals surface area contributed by atoms with Crippen LogP contribution >= 0.6 is 24.0 Å². The van der Waals surface area contributed by atoms with Gasteiger partial charge in [-0.2, -0.15) is 11.8 Å². The van der Waals surface area contributed by atoms with Crippen molar-refractivity contribution in [1.82, 2.24) is 10.3 Å². The van der Waals surface area contributed by atoms with Crippen molar-refractivity contribution < 1.29 is 4.79 Å². The molecule has 1 unspecified atom stereocenters. The number of hydrogen-bond donors (Lipinski definition) is 2. The maximum Gasteiger partial charge on any atom is 0.269 e. The van der Waals surface area contributed by atoms with Crippen LogP contribution < -0.4 is 11.1 Å². The van der Waals surface area contributed by atoms with E-state index in [2.05, 4.69) is 17.2 Å². The lowest BCUT2D eigenvalue weighted by atomic mass is 10.1. The summed E-state index contributed by atoms with van der Waals surface area (Å²) in [6.45, 7) is 2.86. The maximum absolute atomic E-state index is 12.0. The third kappa shape index (κ3) is 3.67. The number of rotatable bonds is 4. The molecule has 1 aliphatic rings. The van der Waals surface area contributed by atoms with Crippen LogP contribution in [-0.4, -0.2) is 32.9 Å². The number of thiocarbonyl (C=S) groups is 1. The van der Waals surface area contributed by atoms with Gasteiger partial charge in [0.2, 0.25) is 0 Å². The van der Waals surface area contributed by atoms with Gasteiger partial charge >= 0.3 is 0 Å². The van der Waals surface area contributed by atoms with E-state index in [0.29, 0.717) is 17.8 Å². The van der Waals surface area contributed by atoms with Gasteiger partial charge in [0.1, 0.15) is 10.7 Å². The second-order valence-electron chi connectivity index (χ2n) is 4.88. The Labute approximate surface area is 122 Å². The molecule has 0 radical (unpaired) electrons. The number of thioether (sulfide) groups is 1. The van der Waals surface area contributed by atoms with E-state index in [1.54, 1.807) is 12.1 Å². The van der Waals surface area contributed by atoms with E-state index in [4.69, 9.17) is 18.0 Å². The standard InChI is InChI=1S/C13H17N3OS2/c1-13(5-2-6-19-13)8-16-12(17)10-4-3-9(7-15-10)11(14)18/h3-4,7H,2,5-6,8H2,1H3,(H2,14,18)(H,16,17). The molecular weight excluding hydrogens is 278 g/mol. The molecule has 1 aromatic rings. The number of nitrogens with zero attached hydrogens (tertiary/aromatic N) is 1. The summed E-state index contributed by atoms with van der Waals surface area (Å²) in [7, 11) is 0. The molecule has 0 aliphatic carbocycles. The minimum atomic E-state index is -0.150. The molecule has 4 nitrogen and oxygen atoms in total. The highest BCUT2D eigenvalue weighted by molar-refractivity contribution is 8.00. The number of aromatic nitrogens is 1. The first-order chi connectivity index (χ1) is 9.00. The second kappa shape index (κ2) is 5.88. The van der Waals surface area contributed by atoms with Crippen molar-refractivity contribution in [2.45, 2.75) is 24.5 Å². The van der Waals surface area contributed by atoms with Crippen LogP contribution in [0.5, 0.6) is 0 Å². The molecule has 19 heavy (non-hydrogen) atoms. The molecule has 1 aliphatic heterocycles. The van der Waals surface area contributed by atoms with Gasteiger partial charge in [0.05, 0.1) is 0 Å². The normalized spacial score (nSPS) is 22.2. The fourth-order valence-electron chi connectivity index (χ4n) is 2.01. The number of carbonyl (C=O) groups is 1. The quantitative estimate of drug-likeness (QED) is 0.828. The minimum absolute atomic E-state index is 0.150. The Morgan fingerprint density at radius 3 is 2.95 bits per heavy atom.